The average molecular weight is 384 g/mol. The molecule has 0 bridgehead atoms. The van der Waals surface area contributed by atoms with Crippen LogP contribution in [0.3, 0.4) is 0 Å². The number of nitrogens with zero attached hydrogens (tertiary/aromatic N) is 6. The first-order valence-electron chi connectivity index (χ1n) is 8.86. The minimum absolute atomic E-state index is 0.00186. The largest absolute Gasteiger partial charge is 0.350 e. The zero-order valence-corrected chi connectivity index (χ0v) is 16.0. The molecule has 1 saturated heterocycles. The fourth-order valence-electron chi connectivity index (χ4n) is 3.51. The number of carbonyl (C=O) groups excluding carboxylic acids is 1. The lowest BCUT2D eigenvalue weighted by Gasteiger charge is -2.32. The zero-order valence-electron chi connectivity index (χ0n) is 15.2. The van der Waals surface area contributed by atoms with Gasteiger partial charge >= 0.3 is 5.69 Å². The van der Waals surface area contributed by atoms with Gasteiger partial charge in [0.25, 0.3) is 5.91 Å². The van der Waals surface area contributed by atoms with E-state index in [2.05, 4.69) is 14.7 Å². The number of aryl methyl sites for hydroxylation is 2. The Kier molecular flexibility index (Phi) is 4.61. The third-order valence-corrected chi connectivity index (χ3v) is 5.70. The second-order valence-electron chi connectivity index (χ2n) is 6.71. The van der Waals surface area contributed by atoms with Gasteiger partial charge in [0.05, 0.1) is 11.4 Å². The van der Waals surface area contributed by atoms with Crippen molar-refractivity contribution in [2.45, 2.75) is 25.7 Å². The highest BCUT2D eigenvalue weighted by Crippen LogP contribution is 2.28. The van der Waals surface area contributed by atoms with E-state index in [1.54, 1.807) is 18.5 Å². The van der Waals surface area contributed by atoms with Crippen molar-refractivity contribution < 1.29 is 4.79 Å². The van der Waals surface area contributed by atoms with E-state index in [0.29, 0.717) is 29.5 Å². The third-order valence-electron chi connectivity index (χ3n) is 4.88. The summed E-state index contributed by atoms with van der Waals surface area (Å²) in [6, 6.07) is 9.50. The molecule has 1 amide bonds. The number of carbonyl (C=O) groups is 1. The van der Waals surface area contributed by atoms with Crippen molar-refractivity contribution in [3.05, 3.63) is 57.2 Å². The fourth-order valence-corrected chi connectivity index (χ4v) is 4.14. The summed E-state index contributed by atoms with van der Waals surface area (Å²) in [6.07, 6.45) is 1.74. The van der Waals surface area contributed by atoms with E-state index >= 15 is 0 Å². The summed E-state index contributed by atoms with van der Waals surface area (Å²) in [5.74, 6) is 0.653. The highest BCUT2D eigenvalue weighted by Gasteiger charge is 2.31. The van der Waals surface area contributed by atoms with Gasteiger partial charge in [0.15, 0.2) is 0 Å². The summed E-state index contributed by atoms with van der Waals surface area (Å²) >= 11 is 1.13. The summed E-state index contributed by atoms with van der Waals surface area (Å²) in [4.78, 5) is 27.9. The SMILES string of the molecule is Cc1nnsc1C(=O)N1CCCC(c2nn(C)c(=O)n2-c2ccccc2)C1. The molecule has 1 unspecified atom stereocenters. The van der Waals surface area contributed by atoms with Crippen LogP contribution in [0.15, 0.2) is 35.1 Å². The lowest BCUT2D eigenvalue weighted by molar-refractivity contribution is 0.0708. The monoisotopic (exact) mass is 384 g/mol. The molecule has 1 fully saturated rings. The molecule has 1 aliphatic heterocycles. The van der Waals surface area contributed by atoms with E-state index in [1.165, 1.54) is 4.68 Å². The van der Waals surface area contributed by atoms with E-state index in [4.69, 9.17) is 0 Å². The van der Waals surface area contributed by atoms with Gasteiger partial charge in [-0.15, -0.1) is 5.10 Å². The van der Waals surface area contributed by atoms with Crippen molar-refractivity contribution in [1.82, 2.24) is 28.8 Å². The molecule has 0 spiro atoms. The van der Waals surface area contributed by atoms with Gasteiger partial charge in [-0.05, 0) is 43.4 Å². The lowest BCUT2D eigenvalue weighted by atomic mass is 9.96. The molecule has 27 heavy (non-hydrogen) atoms. The Bertz CT molecular complexity index is 1020. The van der Waals surface area contributed by atoms with Gasteiger partial charge in [-0.25, -0.2) is 14.0 Å². The fraction of sp³-hybridized carbons (Fsp3) is 0.389. The summed E-state index contributed by atoms with van der Waals surface area (Å²) in [6.45, 7) is 3.01. The van der Waals surface area contributed by atoms with Crippen LogP contribution in [-0.2, 0) is 7.05 Å². The summed E-state index contributed by atoms with van der Waals surface area (Å²) in [5, 5.41) is 8.43. The average Bonchev–Trinajstić information content (AvgIpc) is 3.25. The summed E-state index contributed by atoms with van der Waals surface area (Å²) in [7, 11) is 1.66. The number of piperidine rings is 1. The van der Waals surface area contributed by atoms with Crippen molar-refractivity contribution >= 4 is 17.4 Å². The second-order valence-corrected chi connectivity index (χ2v) is 7.47. The van der Waals surface area contributed by atoms with E-state index in [0.717, 1.165) is 30.1 Å². The highest BCUT2D eigenvalue weighted by molar-refractivity contribution is 7.07. The zero-order chi connectivity index (χ0) is 19.0. The van der Waals surface area contributed by atoms with Crippen molar-refractivity contribution in [2.75, 3.05) is 13.1 Å². The topological polar surface area (TPSA) is 85.9 Å². The minimum Gasteiger partial charge on any atom is -0.337 e. The smallest absolute Gasteiger partial charge is 0.337 e. The van der Waals surface area contributed by atoms with E-state index < -0.39 is 0 Å². The normalized spacial score (nSPS) is 17.3. The maximum Gasteiger partial charge on any atom is 0.350 e. The molecule has 0 aliphatic carbocycles. The van der Waals surface area contributed by atoms with Crippen LogP contribution in [0.5, 0.6) is 0 Å². The van der Waals surface area contributed by atoms with Crippen molar-refractivity contribution in [2.24, 2.45) is 7.05 Å². The summed E-state index contributed by atoms with van der Waals surface area (Å²) < 4.78 is 6.88. The van der Waals surface area contributed by atoms with Gasteiger partial charge in [-0.1, -0.05) is 22.7 Å². The third kappa shape index (κ3) is 3.18. The molecule has 3 aromatic rings. The first kappa shape index (κ1) is 17.6. The molecule has 9 heteroatoms. The molecule has 1 aliphatic rings. The maximum absolute atomic E-state index is 12.8. The van der Waals surface area contributed by atoms with Crippen LogP contribution in [0.2, 0.25) is 0 Å². The predicted molar refractivity (Wildman–Crippen MR) is 101 cm³/mol. The number of aromatic nitrogens is 5. The van der Waals surface area contributed by atoms with Crippen LogP contribution in [0.4, 0.5) is 0 Å². The number of hydrogen-bond donors (Lipinski definition) is 0. The molecular formula is C18H20N6O2S. The van der Waals surface area contributed by atoms with Crippen LogP contribution in [-0.4, -0.2) is 47.8 Å². The number of para-hydroxylation sites is 1. The Morgan fingerprint density at radius 3 is 2.74 bits per heavy atom. The van der Waals surface area contributed by atoms with Crippen molar-refractivity contribution in [3.8, 4) is 5.69 Å². The standard InChI is InChI=1S/C18H20N6O2S/c1-12-15(27-21-19-12)17(25)23-10-6-7-13(11-23)16-20-22(2)18(26)24(16)14-8-4-3-5-9-14/h3-5,8-9,13H,6-7,10-11H2,1-2H3. The van der Waals surface area contributed by atoms with E-state index in [-0.39, 0.29) is 17.5 Å². The first-order chi connectivity index (χ1) is 13.1. The molecule has 1 atom stereocenters. The van der Waals surface area contributed by atoms with Gasteiger partial charge < -0.3 is 4.90 Å². The molecular weight excluding hydrogens is 364 g/mol. The van der Waals surface area contributed by atoms with Gasteiger partial charge in [-0.2, -0.15) is 5.10 Å². The van der Waals surface area contributed by atoms with Crippen LogP contribution in [0.1, 0.15) is 39.9 Å². The maximum atomic E-state index is 12.8. The first-order valence-corrected chi connectivity index (χ1v) is 9.63. The molecule has 140 valence electrons. The molecule has 2 aromatic heterocycles. The number of rotatable bonds is 3. The van der Waals surface area contributed by atoms with Crippen molar-refractivity contribution in [3.63, 3.8) is 0 Å². The lowest BCUT2D eigenvalue weighted by Crippen LogP contribution is -2.40. The molecule has 0 radical (unpaired) electrons. The Hall–Kier alpha value is -2.81. The van der Waals surface area contributed by atoms with Crippen LogP contribution in [0, 0.1) is 6.92 Å². The van der Waals surface area contributed by atoms with Gasteiger partial charge in [-0.3, -0.25) is 4.79 Å². The molecule has 3 heterocycles. The second kappa shape index (κ2) is 7.07. The Morgan fingerprint density at radius 1 is 1.26 bits per heavy atom. The van der Waals surface area contributed by atoms with Crippen molar-refractivity contribution in [1.29, 1.82) is 0 Å². The number of likely N-dealkylation sites (tertiary alicyclic amines) is 1. The summed E-state index contributed by atoms with van der Waals surface area (Å²) in [5.41, 5.74) is 1.27. The number of benzene rings is 1. The molecule has 1 aromatic carbocycles. The number of amides is 1. The Labute approximate surface area is 160 Å². The Balaban J connectivity index is 1.66. The Morgan fingerprint density at radius 2 is 2.04 bits per heavy atom. The van der Waals surface area contributed by atoms with Crippen LogP contribution < -0.4 is 5.69 Å². The minimum atomic E-state index is -0.179. The molecule has 8 nitrogen and oxygen atoms in total. The van der Waals surface area contributed by atoms with Crippen LogP contribution in [0.25, 0.3) is 5.69 Å². The highest BCUT2D eigenvalue weighted by atomic mass is 32.1. The van der Waals surface area contributed by atoms with E-state index in [1.807, 2.05) is 35.2 Å². The number of hydrogen-bond acceptors (Lipinski definition) is 6. The quantitative estimate of drug-likeness (QED) is 0.687. The predicted octanol–water partition coefficient (Wildman–Crippen LogP) is 1.75. The van der Waals surface area contributed by atoms with Gasteiger partial charge in [0, 0.05) is 26.1 Å². The van der Waals surface area contributed by atoms with Gasteiger partial charge in [0.1, 0.15) is 10.7 Å². The molecule has 0 N–H and O–H groups in total. The van der Waals surface area contributed by atoms with Crippen LogP contribution >= 0.6 is 11.5 Å². The van der Waals surface area contributed by atoms with Gasteiger partial charge in [0.2, 0.25) is 0 Å². The molecule has 4 rings (SSSR count). The van der Waals surface area contributed by atoms with E-state index in [9.17, 15) is 9.59 Å². The molecule has 0 saturated carbocycles.